The summed E-state index contributed by atoms with van der Waals surface area (Å²) >= 11 is 0. The number of carbonyl (C=O) groups excluding carboxylic acids is 1. The third-order valence-electron chi connectivity index (χ3n) is 2.42. The molecule has 3 heteroatoms. The van der Waals surface area contributed by atoms with Crippen molar-refractivity contribution in [1.82, 2.24) is 4.90 Å². The molecule has 1 aromatic rings. The molecule has 92 valence electrons. The predicted octanol–water partition coefficient (Wildman–Crippen LogP) is 2.24. The van der Waals surface area contributed by atoms with Crippen LogP contribution in [0.25, 0.3) is 0 Å². The third-order valence-corrected chi connectivity index (χ3v) is 2.42. The largest absolute Gasteiger partial charge is 0.443 e. The van der Waals surface area contributed by atoms with Gasteiger partial charge in [-0.05, 0) is 26.6 Å². The van der Waals surface area contributed by atoms with E-state index in [1.165, 1.54) is 0 Å². The van der Waals surface area contributed by atoms with Crippen LogP contribution in [-0.2, 0) is 16.0 Å². The summed E-state index contributed by atoms with van der Waals surface area (Å²) in [6.07, 6.45) is 0.411. The van der Waals surface area contributed by atoms with Gasteiger partial charge in [-0.1, -0.05) is 36.9 Å². The van der Waals surface area contributed by atoms with E-state index in [2.05, 4.69) is 6.58 Å². The molecule has 0 N–H and O–H groups in total. The van der Waals surface area contributed by atoms with E-state index < -0.39 is 0 Å². The molecule has 17 heavy (non-hydrogen) atoms. The van der Waals surface area contributed by atoms with E-state index in [4.69, 9.17) is 4.74 Å². The molecule has 0 spiro atoms. The zero-order chi connectivity index (χ0) is 12.8. The minimum atomic E-state index is -0.348. The number of benzene rings is 1. The molecule has 1 aromatic carbocycles. The lowest BCUT2D eigenvalue weighted by atomic mass is 10.1. The minimum absolute atomic E-state index is 0.262. The van der Waals surface area contributed by atoms with Crippen LogP contribution in [-0.4, -0.2) is 31.2 Å². The van der Waals surface area contributed by atoms with Crippen molar-refractivity contribution in [2.24, 2.45) is 0 Å². The maximum absolute atomic E-state index is 11.5. The highest BCUT2D eigenvalue weighted by Crippen LogP contribution is 2.09. The molecule has 0 aliphatic carbocycles. The molecule has 0 aromatic heterocycles. The van der Waals surface area contributed by atoms with E-state index in [0.29, 0.717) is 12.0 Å². The lowest BCUT2D eigenvalue weighted by molar-refractivity contribution is -0.151. The van der Waals surface area contributed by atoms with Crippen LogP contribution >= 0.6 is 0 Å². The van der Waals surface area contributed by atoms with Gasteiger partial charge < -0.3 is 4.74 Å². The molecule has 0 aliphatic rings. The molecule has 1 atom stereocenters. The maximum atomic E-state index is 11.5. The van der Waals surface area contributed by atoms with Crippen LogP contribution in [0, 0.1) is 0 Å². The fourth-order valence-corrected chi connectivity index (χ4v) is 1.37. The molecule has 0 radical (unpaired) electrons. The van der Waals surface area contributed by atoms with Gasteiger partial charge in [0, 0.05) is 12.0 Å². The van der Waals surface area contributed by atoms with Gasteiger partial charge in [0.1, 0.15) is 0 Å². The Morgan fingerprint density at radius 3 is 2.41 bits per heavy atom. The van der Waals surface area contributed by atoms with E-state index in [0.717, 1.165) is 5.56 Å². The molecule has 0 saturated carbocycles. The zero-order valence-electron chi connectivity index (χ0n) is 10.6. The van der Waals surface area contributed by atoms with Crippen molar-refractivity contribution in [3.63, 3.8) is 0 Å². The van der Waals surface area contributed by atoms with Crippen LogP contribution in [0.3, 0.4) is 0 Å². The second-order valence-electron chi connectivity index (χ2n) is 4.29. The van der Waals surface area contributed by atoms with Crippen molar-refractivity contribution in [1.29, 1.82) is 0 Å². The fourth-order valence-electron chi connectivity index (χ4n) is 1.37. The maximum Gasteiger partial charge on any atom is 0.334 e. The van der Waals surface area contributed by atoms with Gasteiger partial charge >= 0.3 is 5.97 Å². The second-order valence-corrected chi connectivity index (χ2v) is 4.29. The van der Waals surface area contributed by atoms with Crippen LogP contribution in [0.2, 0.25) is 0 Å². The molecule has 0 aliphatic heterocycles. The van der Waals surface area contributed by atoms with Crippen LogP contribution in [0.5, 0.6) is 0 Å². The Morgan fingerprint density at radius 1 is 1.35 bits per heavy atom. The predicted molar refractivity (Wildman–Crippen MR) is 68.5 cm³/mol. The van der Waals surface area contributed by atoms with E-state index in [1.807, 2.05) is 49.3 Å². The molecule has 0 bridgehead atoms. The SMILES string of the molecule is C=C(C)C(=O)OC(Cc1ccccc1)N(C)C. The van der Waals surface area contributed by atoms with Gasteiger partial charge in [-0.25, -0.2) is 4.79 Å². The molecular weight excluding hydrogens is 214 g/mol. The van der Waals surface area contributed by atoms with Gasteiger partial charge in [0.25, 0.3) is 0 Å². The Morgan fingerprint density at radius 2 is 1.94 bits per heavy atom. The number of esters is 1. The summed E-state index contributed by atoms with van der Waals surface area (Å²) in [4.78, 5) is 13.4. The molecule has 0 amide bonds. The van der Waals surface area contributed by atoms with Crippen molar-refractivity contribution in [3.8, 4) is 0 Å². The van der Waals surface area contributed by atoms with E-state index >= 15 is 0 Å². The van der Waals surface area contributed by atoms with Crippen molar-refractivity contribution in [2.75, 3.05) is 14.1 Å². The average Bonchev–Trinajstić information content (AvgIpc) is 2.29. The van der Waals surface area contributed by atoms with Gasteiger partial charge in [0.15, 0.2) is 6.23 Å². The fraction of sp³-hybridized carbons (Fsp3) is 0.357. The number of likely N-dealkylation sites (N-methyl/N-ethyl adjacent to an activating group) is 1. The summed E-state index contributed by atoms with van der Waals surface area (Å²) in [5.74, 6) is -0.348. The third kappa shape index (κ3) is 4.41. The first-order valence-corrected chi connectivity index (χ1v) is 5.57. The summed E-state index contributed by atoms with van der Waals surface area (Å²) in [5.41, 5.74) is 1.56. The standard InChI is InChI=1S/C14H19NO2/c1-11(2)14(16)17-13(15(3)4)10-12-8-6-5-7-9-12/h5-9,13H,1,10H2,2-4H3. The van der Waals surface area contributed by atoms with Crippen molar-refractivity contribution < 1.29 is 9.53 Å². The summed E-state index contributed by atoms with van der Waals surface area (Å²) in [6.45, 7) is 5.23. The molecular formula is C14H19NO2. The van der Waals surface area contributed by atoms with Crippen molar-refractivity contribution in [2.45, 2.75) is 19.6 Å². The summed E-state index contributed by atoms with van der Waals surface area (Å²) in [6, 6.07) is 9.95. The second kappa shape index (κ2) is 6.21. The quantitative estimate of drug-likeness (QED) is 0.444. The Balaban J connectivity index is 2.67. The minimum Gasteiger partial charge on any atom is -0.443 e. The lowest BCUT2D eigenvalue weighted by Crippen LogP contribution is -2.35. The van der Waals surface area contributed by atoms with Crippen LogP contribution in [0.1, 0.15) is 12.5 Å². The van der Waals surface area contributed by atoms with Crippen LogP contribution in [0.4, 0.5) is 0 Å². The van der Waals surface area contributed by atoms with Crippen molar-refractivity contribution in [3.05, 3.63) is 48.0 Å². The van der Waals surface area contributed by atoms with Crippen molar-refractivity contribution >= 4 is 5.97 Å². The number of hydrogen-bond acceptors (Lipinski definition) is 3. The number of ether oxygens (including phenoxy) is 1. The average molecular weight is 233 g/mol. The zero-order valence-corrected chi connectivity index (χ0v) is 10.6. The first kappa shape index (κ1) is 13.5. The van der Waals surface area contributed by atoms with Gasteiger partial charge in [-0.3, -0.25) is 4.90 Å². The number of hydrogen-bond donors (Lipinski definition) is 0. The molecule has 3 nitrogen and oxygen atoms in total. The van der Waals surface area contributed by atoms with E-state index in [1.54, 1.807) is 6.92 Å². The number of carbonyl (C=O) groups is 1. The monoisotopic (exact) mass is 233 g/mol. The van der Waals surface area contributed by atoms with Crippen LogP contribution in [0.15, 0.2) is 42.5 Å². The highest BCUT2D eigenvalue weighted by molar-refractivity contribution is 5.87. The van der Waals surface area contributed by atoms with Gasteiger partial charge in [-0.2, -0.15) is 0 Å². The first-order chi connectivity index (χ1) is 8.00. The van der Waals surface area contributed by atoms with Gasteiger partial charge in [0.2, 0.25) is 0 Å². The lowest BCUT2D eigenvalue weighted by Gasteiger charge is -2.24. The number of rotatable bonds is 5. The Bertz CT molecular complexity index is 384. The first-order valence-electron chi connectivity index (χ1n) is 5.57. The normalized spacial score (nSPS) is 12.2. The Labute approximate surface area is 103 Å². The summed E-state index contributed by atoms with van der Waals surface area (Å²) in [7, 11) is 3.78. The molecule has 1 rings (SSSR count). The highest BCUT2D eigenvalue weighted by atomic mass is 16.6. The number of nitrogens with zero attached hydrogens (tertiary/aromatic N) is 1. The van der Waals surface area contributed by atoms with Gasteiger partial charge in [0.05, 0.1) is 0 Å². The molecule has 0 fully saturated rings. The van der Waals surface area contributed by atoms with E-state index in [-0.39, 0.29) is 12.2 Å². The highest BCUT2D eigenvalue weighted by Gasteiger charge is 2.17. The van der Waals surface area contributed by atoms with Crippen LogP contribution < -0.4 is 0 Å². The topological polar surface area (TPSA) is 29.5 Å². The summed E-state index contributed by atoms with van der Waals surface area (Å²) < 4.78 is 5.36. The smallest absolute Gasteiger partial charge is 0.334 e. The molecule has 1 unspecified atom stereocenters. The summed E-state index contributed by atoms with van der Waals surface area (Å²) in [5, 5.41) is 0. The van der Waals surface area contributed by atoms with Gasteiger partial charge in [-0.15, -0.1) is 0 Å². The Hall–Kier alpha value is -1.61. The molecule has 0 heterocycles. The molecule has 0 saturated heterocycles. The Kier molecular flexibility index (Phi) is 4.91. The van der Waals surface area contributed by atoms with E-state index in [9.17, 15) is 4.79 Å².